The molecule has 19 heavy (non-hydrogen) atoms. The highest BCUT2D eigenvalue weighted by Crippen LogP contribution is 2.18. The van der Waals surface area contributed by atoms with Crippen molar-refractivity contribution < 1.29 is 8.42 Å². The molecular formula is C15H23NO2S. The highest BCUT2D eigenvalue weighted by Gasteiger charge is 2.30. The van der Waals surface area contributed by atoms with Crippen LogP contribution in [0.5, 0.6) is 0 Å². The number of benzene rings is 1. The van der Waals surface area contributed by atoms with Crippen molar-refractivity contribution in [2.45, 2.75) is 25.8 Å². The van der Waals surface area contributed by atoms with Crippen LogP contribution >= 0.6 is 0 Å². The van der Waals surface area contributed by atoms with E-state index in [1.165, 1.54) is 5.56 Å². The van der Waals surface area contributed by atoms with E-state index in [1.54, 1.807) is 0 Å². The van der Waals surface area contributed by atoms with E-state index in [-0.39, 0.29) is 6.04 Å². The maximum absolute atomic E-state index is 11.5. The van der Waals surface area contributed by atoms with Gasteiger partial charge in [0.1, 0.15) is 0 Å². The minimum atomic E-state index is -2.78. The Labute approximate surface area is 116 Å². The van der Waals surface area contributed by atoms with Gasteiger partial charge in [-0.05, 0) is 31.4 Å². The third-order valence-electron chi connectivity index (χ3n) is 3.86. The van der Waals surface area contributed by atoms with Gasteiger partial charge in [-0.2, -0.15) is 0 Å². The van der Waals surface area contributed by atoms with Gasteiger partial charge in [-0.1, -0.05) is 37.3 Å². The molecule has 1 aromatic rings. The summed E-state index contributed by atoms with van der Waals surface area (Å²) in [4.78, 5) is 2.22. The van der Waals surface area contributed by atoms with Crippen LogP contribution in [0.1, 0.15) is 18.9 Å². The summed E-state index contributed by atoms with van der Waals surface area (Å²) >= 11 is 0. The van der Waals surface area contributed by atoms with Crippen molar-refractivity contribution in [3.05, 3.63) is 35.9 Å². The van der Waals surface area contributed by atoms with Gasteiger partial charge in [-0.15, -0.1) is 0 Å². The number of nitrogens with zero attached hydrogens (tertiary/aromatic N) is 1. The summed E-state index contributed by atoms with van der Waals surface area (Å²) in [6.07, 6.45) is 1.83. The third-order valence-corrected chi connectivity index (χ3v) is 5.61. The Balaban J connectivity index is 1.84. The van der Waals surface area contributed by atoms with E-state index in [9.17, 15) is 8.42 Å². The molecule has 0 bridgehead atoms. The third kappa shape index (κ3) is 4.32. The molecule has 2 rings (SSSR count). The second-order valence-electron chi connectivity index (χ2n) is 5.79. The molecule has 0 aliphatic carbocycles. The largest absolute Gasteiger partial charge is 0.302 e. The smallest absolute Gasteiger partial charge is 0.151 e. The van der Waals surface area contributed by atoms with Gasteiger partial charge in [0.05, 0.1) is 11.5 Å². The first-order valence-corrected chi connectivity index (χ1v) is 8.73. The number of hydrogen-bond acceptors (Lipinski definition) is 3. The molecule has 106 valence electrons. The maximum atomic E-state index is 11.5. The van der Waals surface area contributed by atoms with Crippen molar-refractivity contribution >= 4 is 9.84 Å². The van der Waals surface area contributed by atoms with E-state index >= 15 is 0 Å². The fourth-order valence-electron chi connectivity index (χ4n) is 2.84. The molecule has 1 aliphatic heterocycles. The van der Waals surface area contributed by atoms with E-state index in [1.807, 2.05) is 13.1 Å². The van der Waals surface area contributed by atoms with Gasteiger partial charge in [-0.3, -0.25) is 0 Å². The first-order valence-electron chi connectivity index (χ1n) is 6.91. The van der Waals surface area contributed by atoms with Gasteiger partial charge in [-0.25, -0.2) is 8.42 Å². The Morgan fingerprint density at radius 2 is 2.00 bits per heavy atom. The SMILES string of the molecule is C[C@H](Cc1ccccc1)CN(C)[C@H]1CCS(=O)(=O)C1. The van der Waals surface area contributed by atoms with E-state index in [0.717, 1.165) is 19.4 Å². The molecule has 0 aromatic heterocycles. The van der Waals surface area contributed by atoms with Crippen LogP contribution in [0.4, 0.5) is 0 Å². The highest BCUT2D eigenvalue weighted by atomic mass is 32.2. The summed E-state index contributed by atoms with van der Waals surface area (Å²) in [6, 6.07) is 10.7. The van der Waals surface area contributed by atoms with Crippen molar-refractivity contribution in [2.75, 3.05) is 25.1 Å². The molecule has 0 amide bonds. The Kier molecular flexibility index (Phi) is 4.63. The summed E-state index contributed by atoms with van der Waals surface area (Å²) in [5.74, 6) is 1.23. The second kappa shape index (κ2) is 6.06. The maximum Gasteiger partial charge on any atom is 0.151 e. The van der Waals surface area contributed by atoms with E-state index in [4.69, 9.17) is 0 Å². The summed E-state index contributed by atoms with van der Waals surface area (Å²) in [5.41, 5.74) is 1.35. The van der Waals surface area contributed by atoms with E-state index in [0.29, 0.717) is 17.4 Å². The monoisotopic (exact) mass is 281 g/mol. The van der Waals surface area contributed by atoms with Gasteiger partial charge in [0.25, 0.3) is 0 Å². The zero-order chi connectivity index (χ0) is 13.9. The van der Waals surface area contributed by atoms with Crippen molar-refractivity contribution in [3.8, 4) is 0 Å². The lowest BCUT2D eigenvalue weighted by molar-refractivity contribution is 0.227. The molecule has 3 nitrogen and oxygen atoms in total. The first kappa shape index (κ1) is 14.5. The van der Waals surface area contributed by atoms with Crippen LogP contribution in [0.15, 0.2) is 30.3 Å². The predicted molar refractivity (Wildman–Crippen MR) is 79.0 cm³/mol. The Bertz CT molecular complexity index is 498. The number of hydrogen-bond donors (Lipinski definition) is 0. The van der Waals surface area contributed by atoms with Gasteiger partial charge >= 0.3 is 0 Å². The van der Waals surface area contributed by atoms with Crippen LogP contribution in [0.2, 0.25) is 0 Å². The average molecular weight is 281 g/mol. The second-order valence-corrected chi connectivity index (χ2v) is 8.02. The molecule has 1 aliphatic rings. The molecule has 1 heterocycles. The molecule has 1 fully saturated rings. The Morgan fingerprint density at radius 3 is 2.58 bits per heavy atom. The molecule has 4 heteroatoms. The van der Waals surface area contributed by atoms with Gasteiger partial charge < -0.3 is 4.90 Å². The van der Waals surface area contributed by atoms with Crippen LogP contribution in [0.3, 0.4) is 0 Å². The van der Waals surface area contributed by atoms with Crippen molar-refractivity contribution in [3.63, 3.8) is 0 Å². The fourth-order valence-corrected chi connectivity index (χ4v) is 4.65. The molecule has 1 aromatic carbocycles. The molecule has 0 saturated carbocycles. The minimum absolute atomic E-state index is 0.211. The Hall–Kier alpha value is -0.870. The predicted octanol–water partition coefficient (Wildman–Crippen LogP) is 1.98. The van der Waals surface area contributed by atoms with Crippen LogP contribution in [-0.2, 0) is 16.3 Å². The van der Waals surface area contributed by atoms with E-state index in [2.05, 4.69) is 36.1 Å². The lowest BCUT2D eigenvalue weighted by Crippen LogP contribution is -2.36. The van der Waals surface area contributed by atoms with Crippen LogP contribution in [-0.4, -0.2) is 44.5 Å². The van der Waals surface area contributed by atoms with Crippen molar-refractivity contribution in [2.24, 2.45) is 5.92 Å². The molecular weight excluding hydrogens is 258 g/mol. The molecule has 2 atom stereocenters. The van der Waals surface area contributed by atoms with Crippen LogP contribution in [0.25, 0.3) is 0 Å². The topological polar surface area (TPSA) is 37.4 Å². The van der Waals surface area contributed by atoms with Crippen LogP contribution in [0, 0.1) is 5.92 Å². The van der Waals surface area contributed by atoms with Gasteiger partial charge in [0.2, 0.25) is 0 Å². The molecule has 0 spiro atoms. The first-order chi connectivity index (χ1) is 8.96. The lowest BCUT2D eigenvalue weighted by Gasteiger charge is -2.26. The van der Waals surface area contributed by atoms with Crippen molar-refractivity contribution in [1.29, 1.82) is 0 Å². The lowest BCUT2D eigenvalue weighted by atomic mass is 10.00. The van der Waals surface area contributed by atoms with Crippen LogP contribution < -0.4 is 0 Å². The van der Waals surface area contributed by atoms with E-state index < -0.39 is 9.84 Å². The molecule has 0 radical (unpaired) electrons. The van der Waals surface area contributed by atoms with Crippen molar-refractivity contribution in [1.82, 2.24) is 4.90 Å². The van der Waals surface area contributed by atoms with Gasteiger partial charge in [0.15, 0.2) is 9.84 Å². The zero-order valence-corrected chi connectivity index (χ0v) is 12.6. The normalized spacial score (nSPS) is 23.6. The number of sulfone groups is 1. The standard InChI is InChI=1S/C15H23NO2S/c1-13(10-14-6-4-3-5-7-14)11-16(2)15-8-9-19(17,18)12-15/h3-7,13,15H,8-12H2,1-2H3/t13-,15+/m1/s1. The Morgan fingerprint density at radius 1 is 1.32 bits per heavy atom. The van der Waals surface area contributed by atoms with Gasteiger partial charge in [0, 0.05) is 12.6 Å². The average Bonchev–Trinajstić information content (AvgIpc) is 2.71. The molecule has 0 unspecified atom stereocenters. The molecule has 1 saturated heterocycles. The summed E-state index contributed by atoms with van der Waals surface area (Å²) in [7, 11) is -0.728. The summed E-state index contributed by atoms with van der Waals surface area (Å²) < 4.78 is 23.0. The summed E-state index contributed by atoms with van der Waals surface area (Å²) in [5, 5.41) is 0. The zero-order valence-electron chi connectivity index (χ0n) is 11.7. The quantitative estimate of drug-likeness (QED) is 0.828. The minimum Gasteiger partial charge on any atom is -0.302 e. The highest BCUT2D eigenvalue weighted by molar-refractivity contribution is 7.91. The summed E-state index contributed by atoms with van der Waals surface area (Å²) in [6.45, 7) is 3.18. The number of rotatable bonds is 5. The fraction of sp³-hybridized carbons (Fsp3) is 0.600. The molecule has 0 N–H and O–H groups in total.